The zero-order valence-electron chi connectivity index (χ0n) is 17.0. The summed E-state index contributed by atoms with van der Waals surface area (Å²) >= 11 is 0. The normalized spacial score (nSPS) is 13.6. The lowest BCUT2D eigenvalue weighted by atomic mass is 9.98. The van der Waals surface area contributed by atoms with Crippen LogP contribution in [0.3, 0.4) is 0 Å². The summed E-state index contributed by atoms with van der Waals surface area (Å²) in [4.78, 5) is 39.9. The Morgan fingerprint density at radius 1 is 1.00 bits per heavy atom. The topological polar surface area (TPSA) is 70.9 Å². The smallest absolute Gasteiger partial charge is 0.261 e. The highest BCUT2D eigenvalue weighted by Gasteiger charge is 2.31. The number of benzene rings is 2. The maximum Gasteiger partial charge on any atom is 0.261 e. The number of rotatable bonds is 8. The second-order valence-electron chi connectivity index (χ2n) is 7.30. The predicted octanol–water partition coefficient (Wildman–Crippen LogP) is 0.953. The van der Waals surface area contributed by atoms with Gasteiger partial charge in [0.25, 0.3) is 5.91 Å². The van der Waals surface area contributed by atoms with Crippen LogP contribution in [-0.4, -0.2) is 42.3 Å². The highest BCUT2D eigenvalue weighted by molar-refractivity contribution is 6.11. The maximum absolute atomic E-state index is 12.6. The molecule has 0 saturated heterocycles. The van der Waals surface area contributed by atoms with Gasteiger partial charge in [-0.15, -0.1) is 0 Å². The first-order valence-corrected chi connectivity index (χ1v) is 10.1. The molecule has 6 nitrogen and oxygen atoms in total. The van der Waals surface area contributed by atoms with E-state index in [9.17, 15) is 14.4 Å². The van der Waals surface area contributed by atoms with Gasteiger partial charge in [-0.3, -0.25) is 19.3 Å². The summed E-state index contributed by atoms with van der Waals surface area (Å²) in [7, 11) is 0. The first-order valence-electron chi connectivity index (χ1n) is 10.1. The molecule has 0 aromatic heterocycles. The summed E-state index contributed by atoms with van der Waals surface area (Å²) in [6.07, 6.45) is 0.144. The van der Waals surface area contributed by atoms with Crippen molar-refractivity contribution in [3.8, 4) is 0 Å². The minimum absolute atomic E-state index is 0.144. The van der Waals surface area contributed by atoms with Crippen molar-refractivity contribution in [3.63, 3.8) is 0 Å². The molecule has 1 heterocycles. The number of hydrogen-bond donors (Lipinski definition) is 2. The quantitative estimate of drug-likeness (QED) is 0.655. The van der Waals surface area contributed by atoms with E-state index >= 15 is 0 Å². The van der Waals surface area contributed by atoms with Gasteiger partial charge in [-0.1, -0.05) is 42.5 Å². The van der Waals surface area contributed by atoms with Crippen molar-refractivity contribution < 1.29 is 19.3 Å². The van der Waals surface area contributed by atoms with Gasteiger partial charge < -0.3 is 10.2 Å². The van der Waals surface area contributed by atoms with Crippen LogP contribution >= 0.6 is 0 Å². The highest BCUT2D eigenvalue weighted by atomic mass is 16.2. The predicted molar refractivity (Wildman–Crippen MR) is 110 cm³/mol. The zero-order chi connectivity index (χ0) is 20.8. The van der Waals surface area contributed by atoms with Crippen LogP contribution in [0.2, 0.25) is 0 Å². The first-order chi connectivity index (χ1) is 14.0. The van der Waals surface area contributed by atoms with Crippen LogP contribution < -0.4 is 10.2 Å². The van der Waals surface area contributed by atoms with Gasteiger partial charge in [-0.2, -0.15) is 0 Å². The van der Waals surface area contributed by atoms with Crippen molar-refractivity contribution in [2.75, 3.05) is 19.6 Å². The molecule has 0 bridgehead atoms. The summed E-state index contributed by atoms with van der Waals surface area (Å²) in [5.41, 5.74) is 3.46. The molecule has 0 radical (unpaired) electrons. The first kappa shape index (κ1) is 20.7. The lowest BCUT2D eigenvalue weighted by Gasteiger charge is -2.26. The van der Waals surface area contributed by atoms with Crippen LogP contribution in [0.5, 0.6) is 0 Å². The molecule has 6 heteroatoms. The van der Waals surface area contributed by atoms with Crippen molar-refractivity contribution in [3.05, 3.63) is 70.8 Å². The molecule has 152 valence electrons. The number of hydrogen-bond acceptors (Lipinski definition) is 3. The van der Waals surface area contributed by atoms with E-state index in [2.05, 4.69) is 25.2 Å². The van der Waals surface area contributed by atoms with Gasteiger partial charge >= 0.3 is 0 Å². The lowest BCUT2D eigenvalue weighted by molar-refractivity contribution is -0.910. The van der Waals surface area contributed by atoms with Crippen molar-refractivity contribution in [2.45, 2.75) is 33.4 Å². The second kappa shape index (κ2) is 9.47. The minimum atomic E-state index is -0.405. The molecule has 3 rings (SSSR count). The third-order valence-electron chi connectivity index (χ3n) is 5.47. The summed E-state index contributed by atoms with van der Waals surface area (Å²) in [5.74, 6) is -1.08. The summed E-state index contributed by atoms with van der Waals surface area (Å²) in [6.45, 7) is 7.43. The number of nitrogens with zero attached hydrogens (tertiary/aromatic N) is 1. The van der Waals surface area contributed by atoms with Crippen LogP contribution in [-0.2, 0) is 29.1 Å². The Balaban J connectivity index is 1.62. The van der Waals surface area contributed by atoms with E-state index in [0.717, 1.165) is 30.1 Å². The molecular weight excluding hydrogens is 366 g/mol. The molecule has 1 aliphatic rings. The SMILES string of the molecule is CC[NH+](CC)Cc1ccccc1CNC(=O)CN1C(=O)Cc2ccccc2C1=O. The molecule has 0 spiro atoms. The number of carbonyl (C=O) groups excluding carboxylic acids is 3. The summed E-state index contributed by atoms with van der Waals surface area (Å²) < 4.78 is 0. The monoisotopic (exact) mass is 394 g/mol. The van der Waals surface area contributed by atoms with Crippen LogP contribution in [0, 0.1) is 0 Å². The fourth-order valence-electron chi connectivity index (χ4n) is 3.63. The largest absolute Gasteiger partial charge is 0.350 e. The van der Waals surface area contributed by atoms with Crippen molar-refractivity contribution in [1.82, 2.24) is 10.2 Å². The Bertz CT molecular complexity index is 906. The molecule has 2 aromatic rings. The number of amides is 3. The van der Waals surface area contributed by atoms with Gasteiger partial charge in [0.15, 0.2) is 0 Å². The van der Waals surface area contributed by atoms with Gasteiger partial charge in [-0.25, -0.2) is 0 Å². The number of quaternary nitrogens is 1. The van der Waals surface area contributed by atoms with E-state index in [1.165, 1.54) is 10.5 Å². The zero-order valence-corrected chi connectivity index (χ0v) is 17.0. The molecule has 0 fully saturated rings. The average Bonchev–Trinajstić information content (AvgIpc) is 2.74. The molecule has 0 aliphatic carbocycles. The molecular formula is C23H28N3O3+. The third-order valence-corrected chi connectivity index (χ3v) is 5.47. The van der Waals surface area contributed by atoms with E-state index in [1.54, 1.807) is 24.3 Å². The number of imide groups is 1. The minimum Gasteiger partial charge on any atom is -0.350 e. The molecule has 2 N–H and O–H groups in total. The Morgan fingerprint density at radius 3 is 2.38 bits per heavy atom. The molecule has 0 saturated carbocycles. The van der Waals surface area contributed by atoms with Gasteiger partial charge in [0.1, 0.15) is 13.1 Å². The van der Waals surface area contributed by atoms with Crippen LogP contribution in [0.1, 0.15) is 40.9 Å². The van der Waals surface area contributed by atoms with Crippen molar-refractivity contribution in [1.29, 1.82) is 0 Å². The average molecular weight is 394 g/mol. The molecule has 2 aromatic carbocycles. The van der Waals surface area contributed by atoms with Gasteiger partial charge in [0.05, 0.1) is 19.5 Å². The Morgan fingerprint density at radius 2 is 1.66 bits per heavy atom. The van der Waals surface area contributed by atoms with E-state index < -0.39 is 5.91 Å². The van der Waals surface area contributed by atoms with Crippen molar-refractivity contribution in [2.24, 2.45) is 0 Å². The van der Waals surface area contributed by atoms with E-state index in [-0.39, 0.29) is 24.8 Å². The lowest BCUT2D eigenvalue weighted by Crippen LogP contribution is -3.10. The van der Waals surface area contributed by atoms with Crippen LogP contribution in [0.15, 0.2) is 48.5 Å². The fraction of sp³-hybridized carbons (Fsp3) is 0.348. The molecule has 0 atom stereocenters. The Hall–Kier alpha value is -2.99. The second-order valence-corrected chi connectivity index (χ2v) is 7.30. The van der Waals surface area contributed by atoms with Gasteiger partial charge in [0.2, 0.25) is 11.8 Å². The number of carbonyl (C=O) groups is 3. The molecule has 29 heavy (non-hydrogen) atoms. The van der Waals surface area contributed by atoms with E-state index in [4.69, 9.17) is 0 Å². The Kier molecular flexibility index (Phi) is 6.77. The van der Waals surface area contributed by atoms with Gasteiger partial charge in [0, 0.05) is 17.7 Å². The van der Waals surface area contributed by atoms with Crippen LogP contribution in [0.4, 0.5) is 0 Å². The summed E-state index contributed by atoms with van der Waals surface area (Å²) in [6, 6.07) is 15.1. The third kappa shape index (κ3) is 4.90. The van der Waals surface area contributed by atoms with E-state index in [1.807, 2.05) is 18.2 Å². The molecule has 3 amide bonds. The number of fused-ring (bicyclic) bond motifs is 1. The maximum atomic E-state index is 12.6. The Labute approximate surface area is 171 Å². The highest BCUT2D eigenvalue weighted by Crippen LogP contribution is 2.19. The summed E-state index contributed by atoms with van der Waals surface area (Å²) in [5, 5.41) is 2.87. The standard InChI is InChI=1S/C23H27N3O3/c1-3-25(4-2)15-19-11-6-5-10-18(19)14-24-21(27)16-26-22(28)13-17-9-7-8-12-20(17)23(26)29/h5-12H,3-4,13-16H2,1-2H3,(H,24,27)/p+1. The van der Waals surface area contributed by atoms with Gasteiger partial charge in [-0.05, 0) is 31.0 Å². The van der Waals surface area contributed by atoms with Crippen molar-refractivity contribution >= 4 is 17.7 Å². The van der Waals surface area contributed by atoms with Crippen LogP contribution in [0.25, 0.3) is 0 Å². The number of nitrogens with one attached hydrogen (secondary N) is 2. The molecule has 1 aliphatic heterocycles. The fourth-order valence-corrected chi connectivity index (χ4v) is 3.63. The van der Waals surface area contributed by atoms with E-state index in [0.29, 0.717) is 17.7 Å². The molecule has 0 unspecified atom stereocenters.